The molecule has 33 heavy (non-hydrogen) atoms. The number of amides is 3. The maximum atomic E-state index is 12.7. The number of carbonyl (C=O) groups is 3. The highest BCUT2D eigenvalue weighted by molar-refractivity contribution is 7.15. The minimum atomic E-state index is -0.444. The van der Waals surface area contributed by atoms with Crippen LogP contribution in [0.4, 0.5) is 15.1 Å². The van der Waals surface area contributed by atoms with Crippen LogP contribution in [0, 0.1) is 5.92 Å². The SMILES string of the molecule is CCOC(=O)c1csc(N2CCN(C(=O)NC(C)C(C)C(=O)Nc3nnc(CC)s3)CC2)n1. The first kappa shape index (κ1) is 24.8. The number of carbonyl (C=O) groups excluding carboxylic acids is 3. The quantitative estimate of drug-likeness (QED) is 0.533. The van der Waals surface area contributed by atoms with Gasteiger partial charge in [0.05, 0.1) is 12.5 Å². The average Bonchev–Trinajstić information content (AvgIpc) is 3.48. The van der Waals surface area contributed by atoms with E-state index in [9.17, 15) is 14.4 Å². The highest BCUT2D eigenvalue weighted by Gasteiger charge is 2.27. The molecule has 3 rings (SSSR count). The minimum Gasteiger partial charge on any atom is -0.461 e. The Balaban J connectivity index is 1.46. The first-order valence-corrected chi connectivity index (χ1v) is 12.6. The second-order valence-electron chi connectivity index (χ2n) is 7.58. The molecule has 2 unspecified atom stereocenters. The third-order valence-corrected chi connectivity index (χ3v) is 7.21. The molecule has 0 spiro atoms. The number of aryl methyl sites for hydroxylation is 1. The van der Waals surface area contributed by atoms with E-state index in [4.69, 9.17) is 4.74 Å². The molecule has 13 heteroatoms. The topological polar surface area (TPSA) is 130 Å². The predicted octanol–water partition coefficient (Wildman–Crippen LogP) is 2.23. The van der Waals surface area contributed by atoms with Crippen LogP contribution in [-0.4, -0.2) is 76.8 Å². The molecule has 2 atom stereocenters. The van der Waals surface area contributed by atoms with Gasteiger partial charge in [-0.05, 0) is 20.3 Å². The molecule has 1 aliphatic heterocycles. The van der Waals surface area contributed by atoms with Gasteiger partial charge in [0, 0.05) is 37.6 Å². The Labute approximate surface area is 200 Å². The molecule has 11 nitrogen and oxygen atoms in total. The first-order valence-electron chi connectivity index (χ1n) is 10.9. The Bertz CT molecular complexity index is 971. The Morgan fingerprint density at radius 3 is 2.52 bits per heavy atom. The van der Waals surface area contributed by atoms with Gasteiger partial charge in [-0.25, -0.2) is 14.6 Å². The van der Waals surface area contributed by atoms with Crippen molar-refractivity contribution in [3.63, 3.8) is 0 Å². The van der Waals surface area contributed by atoms with E-state index in [0.29, 0.717) is 43.6 Å². The van der Waals surface area contributed by atoms with E-state index in [1.807, 2.05) is 18.7 Å². The fourth-order valence-electron chi connectivity index (χ4n) is 3.11. The molecule has 180 valence electrons. The number of aromatic nitrogens is 3. The lowest BCUT2D eigenvalue weighted by molar-refractivity contribution is -0.120. The Kier molecular flexibility index (Phi) is 8.55. The van der Waals surface area contributed by atoms with Crippen LogP contribution in [0.5, 0.6) is 0 Å². The monoisotopic (exact) mass is 495 g/mol. The van der Waals surface area contributed by atoms with Crippen LogP contribution < -0.4 is 15.5 Å². The number of rotatable bonds is 8. The van der Waals surface area contributed by atoms with Crippen molar-refractivity contribution in [2.45, 2.75) is 40.2 Å². The maximum Gasteiger partial charge on any atom is 0.357 e. The minimum absolute atomic E-state index is 0.211. The molecule has 1 aliphatic rings. The highest BCUT2D eigenvalue weighted by Crippen LogP contribution is 2.22. The largest absolute Gasteiger partial charge is 0.461 e. The number of nitrogens with one attached hydrogen (secondary N) is 2. The third kappa shape index (κ3) is 6.38. The summed E-state index contributed by atoms with van der Waals surface area (Å²) in [5.41, 5.74) is 0.303. The summed E-state index contributed by atoms with van der Waals surface area (Å²) >= 11 is 2.73. The van der Waals surface area contributed by atoms with Crippen LogP contribution in [0.15, 0.2) is 5.38 Å². The van der Waals surface area contributed by atoms with Crippen molar-refractivity contribution in [3.8, 4) is 0 Å². The van der Waals surface area contributed by atoms with Crippen LogP contribution in [0.3, 0.4) is 0 Å². The zero-order valence-corrected chi connectivity index (χ0v) is 20.8. The second kappa shape index (κ2) is 11.4. The van der Waals surface area contributed by atoms with Gasteiger partial charge in [-0.3, -0.25) is 4.79 Å². The Hall–Kier alpha value is -2.80. The summed E-state index contributed by atoms with van der Waals surface area (Å²) in [6.45, 7) is 9.84. The summed E-state index contributed by atoms with van der Waals surface area (Å²) in [4.78, 5) is 45.2. The van der Waals surface area contributed by atoms with Gasteiger partial charge in [0.1, 0.15) is 5.01 Å². The summed E-state index contributed by atoms with van der Waals surface area (Å²) in [5.74, 6) is -1.09. The number of ether oxygens (including phenoxy) is 1. The van der Waals surface area contributed by atoms with E-state index in [0.717, 1.165) is 16.6 Å². The van der Waals surface area contributed by atoms with Gasteiger partial charge in [-0.1, -0.05) is 25.2 Å². The molecular weight excluding hydrogens is 466 g/mol. The molecule has 0 saturated carbocycles. The van der Waals surface area contributed by atoms with Crippen LogP contribution in [0.25, 0.3) is 0 Å². The number of thiazole rings is 1. The molecular formula is C20H29N7O4S2. The zero-order valence-electron chi connectivity index (χ0n) is 19.2. The van der Waals surface area contributed by atoms with Crippen LogP contribution >= 0.6 is 22.7 Å². The molecule has 0 aromatic carbocycles. The second-order valence-corrected chi connectivity index (χ2v) is 9.48. The lowest BCUT2D eigenvalue weighted by Gasteiger charge is -2.35. The normalized spacial score (nSPS) is 15.6. The fraction of sp³-hybridized carbons (Fsp3) is 0.600. The van der Waals surface area contributed by atoms with E-state index < -0.39 is 11.9 Å². The van der Waals surface area contributed by atoms with Gasteiger partial charge in [-0.2, -0.15) is 0 Å². The summed E-state index contributed by atoms with van der Waals surface area (Å²) < 4.78 is 4.98. The summed E-state index contributed by atoms with van der Waals surface area (Å²) in [5, 5.41) is 17.4. The lowest BCUT2D eigenvalue weighted by atomic mass is 10.0. The number of esters is 1. The van der Waals surface area contributed by atoms with E-state index in [1.165, 1.54) is 22.7 Å². The van der Waals surface area contributed by atoms with Gasteiger partial charge in [0.2, 0.25) is 11.0 Å². The molecule has 0 radical (unpaired) electrons. The van der Waals surface area contributed by atoms with Crippen molar-refractivity contribution >= 4 is 50.8 Å². The van der Waals surface area contributed by atoms with Gasteiger partial charge >= 0.3 is 12.0 Å². The molecule has 3 heterocycles. The standard InChI is InChI=1S/C20H29N7O4S2/c1-5-15-24-25-18(33-15)23-16(28)12(3)13(4)21-19(30)26-7-9-27(10-8-26)20-22-14(11-32-20)17(29)31-6-2/h11-13H,5-10H2,1-4H3,(H,21,30)(H,23,25,28). The molecule has 1 saturated heterocycles. The van der Waals surface area contributed by atoms with Gasteiger partial charge in [0.15, 0.2) is 10.8 Å². The summed E-state index contributed by atoms with van der Waals surface area (Å²) in [6.07, 6.45) is 0.762. The van der Waals surface area contributed by atoms with Crippen molar-refractivity contribution in [3.05, 3.63) is 16.1 Å². The predicted molar refractivity (Wildman–Crippen MR) is 127 cm³/mol. The van der Waals surface area contributed by atoms with Gasteiger partial charge < -0.3 is 25.2 Å². The Morgan fingerprint density at radius 1 is 1.15 bits per heavy atom. The van der Waals surface area contributed by atoms with Crippen molar-refractivity contribution < 1.29 is 19.1 Å². The molecule has 1 fully saturated rings. The number of nitrogens with zero attached hydrogens (tertiary/aromatic N) is 5. The fourth-order valence-corrected chi connectivity index (χ4v) is 4.64. The highest BCUT2D eigenvalue weighted by atomic mass is 32.1. The number of urea groups is 1. The van der Waals surface area contributed by atoms with E-state index in [2.05, 4.69) is 25.8 Å². The average molecular weight is 496 g/mol. The van der Waals surface area contributed by atoms with E-state index in [1.54, 1.807) is 24.1 Å². The van der Waals surface area contributed by atoms with E-state index in [-0.39, 0.29) is 18.0 Å². The van der Waals surface area contributed by atoms with Gasteiger partial charge in [-0.15, -0.1) is 21.5 Å². The first-order chi connectivity index (χ1) is 15.8. The van der Waals surface area contributed by atoms with Crippen LogP contribution in [0.1, 0.15) is 43.2 Å². The molecule has 3 amide bonds. The maximum absolute atomic E-state index is 12.7. The molecule has 2 N–H and O–H groups in total. The Morgan fingerprint density at radius 2 is 1.88 bits per heavy atom. The lowest BCUT2D eigenvalue weighted by Crippen LogP contribution is -2.54. The zero-order chi connectivity index (χ0) is 24.0. The number of piperazine rings is 1. The number of hydrogen-bond acceptors (Lipinski definition) is 10. The molecule has 2 aromatic rings. The smallest absolute Gasteiger partial charge is 0.357 e. The number of anilines is 2. The van der Waals surface area contributed by atoms with Crippen LogP contribution in [0.2, 0.25) is 0 Å². The van der Waals surface area contributed by atoms with Crippen molar-refractivity contribution in [1.29, 1.82) is 0 Å². The third-order valence-electron chi connectivity index (χ3n) is 5.33. The summed E-state index contributed by atoms with van der Waals surface area (Å²) in [7, 11) is 0. The van der Waals surface area contributed by atoms with Crippen molar-refractivity contribution in [1.82, 2.24) is 25.4 Å². The summed E-state index contributed by atoms with van der Waals surface area (Å²) in [6, 6.07) is -0.572. The molecule has 2 aromatic heterocycles. The molecule has 0 bridgehead atoms. The molecule has 0 aliphatic carbocycles. The van der Waals surface area contributed by atoms with E-state index >= 15 is 0 Å². The van der Waals surface area contributed by atoms with Gasteiger partial charge in [0.25, 0.3) is 0 Å². The van der Waals surface area contributed by atoms with Crippen molar-refractivity contribution in [2.75, 3.05) is 43.0 Å². The number of hydrogen-bond donors (Lipinski definition) is 2. The van der Waals surface area contributed by atoms with Crippen LogP contribution in [-0.2, 0) is 16.0 Å². The van der Waals surface area contributed by atoms with Crippen molar-refractivity contribution in [2.24, 2.45) is 5.92 Å².